The molecule has 9 aromatic carbocycles. The van der Waals surface area contributed by atoms with Crippen LogP contribution in [-0.2, 0) is 37.3 Å². The van der Waals surface area contributed by atoms with Crippen LogP contribution >= 0.6 is 0 Å². The maximum atomic E-state index is 9.03. The molecule has 0 N–H and O–H groups in total. The minimum Gasteiger partial charge on any atom is -0.509 e. The van der Waals surface area contributed by atoms with Crippen molar-refractivity contribution in [2.45, 2.75) is 85.4 Å². The Bertz CT molecular complexity index is 4450. The van der Waals surface area contributed by atoms with Gasteiger partial charge in [-0.2, -0.15) is 12.1 Å². The molecule has 13 rings (SSSR count). The van der Waals surface area contributed by atoms with Gasteiger partial charge in [-0.3, -0.25) is 0 Å². The van der Waals surface area contributed by atoms with E-state index >= 15 is 0 Å². The van der Waals surface area contributed by atoms with Crippen molar-refractivity contribution in [3.63, 3.8) is 0 Å². The van der Waals surface area contributed by atoms with Crippen LogP contribution in [-0.4, -0.2) is 14.1 Å². The average Bonchev–Trinajstić information content (AvgIpc) is 4.36. The van der Waals surface area contributed by atoms with Gasteiger partial charge in [-0.25, -0.2) is 4.98 Å². The number of nitrogens with zero attached hydrogens (tertiary/aromatic N) is 5. The van der Waals surface area contributed by atoms with Crippen molar-refractivity contribution in [1.82, 2.24) is 14.1 Å². The third-order valence-corrected chi connectivity index (χ3v) is 15.6. The number of fused-ring (bicyclic) bond motifs is 7. The molecular weight excluding hydrogens is 1160 g/mol. The van der Waals surface area contributed by atoms with Gasteiger partial charge >= 0.3 is 0 Å². The summed E-state index contributed by atoms with van der Waals surface area (Å²) in [4.78, 5) is 9.59. The molecule has 0 saturated heterocycles. The van der Waals surface area contributed by atoms with Crippen molar-refractivity contribution in [2.75, 3.05) is 9.80 Å². The Hall–Kier alpha value is -8.18. The van der Waals surface area contributed by atoms with E-state index in [1.165, 1.54) is 11.1 Å². The van der Waals surface area contributed by atoms with Gasteiger partial charge in [-0.15, -0.1) is 48.1 Å². The monoisotopic (exact) mass is 1220 g/mol. The standard InChI is InChI=1S/C73H64N5O.Pt/c1-47-36-70(74-45-63(47)50-21-18-20-48(37-50)49-30-35-65-62(38-49)59-26-14-15-27-64(59)77(65)54-22-12-11-13-23-54)78-68-42-51(71(2,3)4)31-33-60(68)61-34-32-58(44-69(61)78)79-57-25-19-24-55(43-57)75-46-76(67-29-17-16-28-66(67)75)56-40-52(72(5,6)7)39-53(41-56)73(8,9)10;/h11-42,45-46H,1-10H3;/q-3;/i1D3;. The van der Waals surface area contributed by atoms with Gasteiger partial charge in [-0.1, -0.05) is 159 Å². The third-order valence-electron chi connectivity index (χ3n) is 15.6. The molecule has 0 spiro atoms. The Kier molecular flexibility index (Phi) is 12.1. The van der Waals surface area contributed by atoms with Crippen LogP contribution in [0.4, 0.5) is 22.7 Å². The number of para-hydroxylation sites is 4. The van der Waals surface area contributed by atoms with Crippen LogP contribution in [0.15, 0.2) is 200 Å². The number of aromatic nitrogens is 3. The number of pyridine rings is 1. The Balaban J connectivity index is 0.00000680. The second-order valence-electron chi connectivity index (χ2n) is 24.1. The fraction of sp³-hybridized carbons (Fsp3) is 0.178. The molecule has 0 unspecified atom stereocenters. The predicted molar refractivity (Wildman–Crippen MR) is 330 cm³/mol. The number of aryl methyl sites for hydroxylation is 1. The maximum Gasteiger partial charge on any atom is 0.135 e. The van der Waals surface area contributed by atoms with Crippen molar-refractivity contribution in [2.24, 2.45) is 0 Å². The summed E-state index contributed by atoms with van der Waals surface area (Å²) in [6, 6.07) is 74.5. The second kappa shape index (κ2) is 19.9. The van der Waals surface area contributed by atoms with E-state index in [4.69, 9.17) is 13.8 Å². The van der Waals surface area contributed by atoms with Gasteiger partial charge < -0.3 is 23.7 Å². The molecule has 4 heterocycles. The first kappa shape index (κ1) is 48.9. The summed E-state index contributed by atoms with van der Waals surface area (Å²) in [6.45, 7) is 19.9. The van der Waals surface area contributed by atoms with Crippen LogP contribution in [0.25, 0.3) is 77.4 Å². The summed E-state index contributed by atoms with van der Waals surface area (Å²) in [6.07, 6.45) is 1.72. The molecule has 400 valence electrons. The van der Waals surface area contributed by atoms with Crippen LogP contribution in [0.1, 0.15) is 88.7 Å². The van der Waals surface area contributed by atoms with Gasteiger partial charge in [0.25, 0.3) is 0 Å². The number of benzene rings is 9. The summed E-state index contributed by atoms with van der Waals surface area (Å²) in [5.74, 6) is 1.47. The molecule has 0 aliphatic carbocycles. The van der Waals surface area contributed by atoms with E-state index in [0.29, 0.717) is 28.4 Å². The van der Waals surface area contributed by atoms with E-state index < -0.39 is 6.85 Å². The smallest absolute Gasteiger partial charge is 0.135 e. The SMILES string of the molecule is [2H]C([2H])([2H])c1cc(-n2c3[c-]c(Oc4[c-]c(N5[CH-]N(c6cc(C(C)(C)C)cc(C(C)(C)C)c6)c6ccccc65)ccc4)ccc3c3ccc(C(C)(C)C)cc32)ncc1-c1cccc(-c2ccc3c(c2)c2ccccc2n3-c2ccccc2)c1.[Pt]. The molecule has 0 radical (unpaired) electrons. The topological polar surface area (TPSA) is 38.5 Å². The largest absolute Gasteiger partial charge is 0.509 e. The average molecular weight is 1230 g/mol. The van der Waals surface area contributed by atoms with E-state index in [1.807, 2.05) is 47.0 Å². The first-order chi connectivity index (χ1) is 39.2. The Morgan fingerprint density at radius 3 is 1.85 bits per heavy atom. The normalized spacial score (nSPS) is 13.6. The zero-order valence-corrected chi connectivity index (χ0v) is 48.9. The molecule has 7 heteroatoms. The summed E-state index contributed by atoms with van der Waals surface area (Å²) < 4.78 is 38.2. The van der Waals surface area contributed by atoms with Crippen molar-refractivity contribution >= 4 is 66.4 Å². The van der Waals surface area contributed by atoms with Gasteiger partial charge in [0.05, 0.1) is 11.0 Å². The zero-order valence-electron chi connectivity index (χ0n) is 49.6. The summed E-state index contributed by atoms with van der Waals surface area (Å²) in [7, 11) is 0. The van der Waals surface area contributed by atoms with E-state index in [2.05, 4.69) is 241 Å². The number of hydrogen-bond donors (Lipinski definition) is 0. The molecule has 1 aliphatic rings. The summed E-state index contributed by atoms with van der Waals surface area (Å²) in [5.41, 5.74) is 15.9. The van der Waals surface area contributed by atoms with E-state index in [9.17, 15) is 0 Å². The number of anilines is 4. The Morgan fingerprint density at radius 2 is 1.10 bits per heavy atom. The minimum absolute atomic E-state index is 0. The number of ether oxygens (including phenoxy) is 1. The van der Waals surface area contributed by atoms with Gasteiger partial charge in [0.2, 0.25) is 0 Å². The van der Waals surface area contributed by atoms with Crippen molar-refractivity contribution in [1.29, 1.82) is 0 Å². The molecule has 0 saturated carbocycles. The molecule has 3 aromatic heterocycles. The molecule has 0 bridgehead atoms. The molecule has 6 nitrogen and oxygen atoms in total. The van der Waals surface area contributed by atoms with Gasteiger partial charge in [0, 0.05) is 87.5 Å². The number of hydrogen-bond acceptors (Lipinski definition) is 4. The first-order valence-corrected chi connectivity index (χ1v) is 27.3. The second-order valence-corrected chi connectivity index (χ2v) is 24.1. The van der Waals surface area contributed by atoms with Gasteiger partial charge in [0.1, 0.15) is 5.82 Å². The van der Waals surface area contributed by atoms with E-state index in [1.54, 1.807) is 12.3 Å². The molecule has 12 aromatic rings. The Labute approximate surface area is 489 Å². The van der Waals surface area contributed by atoms with Crippen LogP contribution in [0.5, 0.6) is 11.5 Å². The molecule has 1 aliphatic heterocycles. The van der Waals surface area contributed by atoms with E-state index in [0.717, 1.165) is 88.8 Å². The van der Waals surface area contributed by atoms with Gasteiger partial charge in [-0.05, 0) is 140 Å². The maximum absolute atomic E-state index is 9.03. The quantitative estimate of drug-likeness (QED) is 0.142. The van der Waals surface area contributed by atoms with Crippen molar-refractivity contribution in [3.05, 3.63) is 241 Å². The Morgan fingerprint density at radius 1 is 0.463 bits per heavy atom. The summed E-state index contributed by atoms with van der Waals surface area (Å²) in [5, 5.41) is 4.23. The molecule has 0 fully saturated rings. The molecular formula is C73H64N5OPt-3. The molecule has 0 amide bonds. The third kappa shape index (κ3) is 9.37. The van der Waals surface area contributed by atoms with Crippen LogP contribution < -0.4 is 14.5 Å². The van der Waals surface area contributed by atoms with Crippen LogP contribution in [0, 0.1) is 25.7 Å². The van der Waals surface area contributed by atoms with E-state index in [-0.39, 0.29) is 42.9 Å². The first-order valence-electron chi connectivity index (χ1n) is 28.8. The van der Waals surface area contributed by atoms with Gasteiger partial charge in [0.15, 0.2) is 0 Å². The van der Waals surface area contributed by atoms with Crippen molar-refractivity contribution < 1.29 is 29.9 Å². The summed E-state index contributed by atoms with van der Waals surface area (Å²) >= 11 is 0. The van der Waals surface area contributed by atoms with Crippen molar-refractivity contribution in [3.8, 4) is 45.3 Å². The fourth-order valence-corrected chi connectivity index (χ4v) is 11.2. The fourth-order valence-electron chi connectivity index (χ4n) is 11.2. The molecule has 80 heavy (non-hydrogen) atoms. The predicted octanol–water partition coefficient (Wildman–Crippen LogP) is 19.6. The molecule has 0 atom stereocenters. The van der Waals surface area contributed by atoms with Crippen LogP contribution in [0.3, 0.4) is 0 Å². The van der Waals surface area contributed by atoms with Crippen LogP contribution in [0.2, 0.25) is 0 Å². The zero-order chi connectivity index (χ0) is 57.0. The number of rotatable bonds is 8. The minimum atomic E-state index is -2.48.